The molecule has 0 aromatic heterocycles. The highest BCUT2D eigenvalue weighted by molar-refractivity contribution is 9.10. The Morgan fingerprint density at radius 3 is 2.20 bits per heavy atom. The highest BCUT2D eigenvalue weighted by Crippen LogP contribution is 2.07. The molecule has 58 valence electrons. The lowest BCUT2D eigenvalue weighted by molar-refractivity contribution is -0.138. The summed E-state index contributed by atoms with van der Waals surface area (Å²) in [5.74, 6) is -2.01. The number of alkyl halides is 1. The fraction of sp³-hybridized carbons (Fsp3) is 0.600. The molecule has 0 radical (unpaired) electrons. The third-order valence-electron chi connectivity index (χ3n) is 0.880. The Morgan fingerprint density at radius 2 is 1.90 bits per heavy atom. The van der Waals surface area contributed by atoms with Gasteiger partial charge in [-0.25, -0.2) is 0 Å². The maximum atomic E-state index is 10.1. The summed E-state index contributed by atoms with van der Waals surface area (Å²) in [7, 11) is 0. The Labute approximate surface area is 66.0 Å². The second kappa shape index (κ2) is 4.27. The molecule has 10 heavy (non-hydrogen) atoms. The van der Waals surface area contributed by atoms with E-state index < -0.39 is 16.8 Å². The van der Waals surface area contributed by atoms with Crippen LogP contribution in [0.25, 0.3) is 0 Å². The number of aliphatic carboxylic acids is 2. The normalized spacial score (nSPS) is 12.5. The van der Waals surface area contributed by atoms with E-state index in [2.05, 4.69) is 15.9 Å². The number of carboxylic acids is 2. The van der Waals surface area contributed by atoms with Gasteiger partial charge in [-0.1, -0.05) is 15.9 Å². The van der Waals surface area contributed by atoms with Gasteiger partial charge < -0.3 is 10.2 Å². The summed E-state index contributed by atoms with van der Waals surface area (Å²) in [4.78, 5) is 19.2. The molecule has 0 aromatic carbocycles. The quantitative estimate of drug-likeness (QED) is 0.671. The number of hydrogen-bond acceptors (Lipinski definition) is 2. The van der Waals surface area contributed by atoms with Gasteiger partial charge in [0.25, 0.3) is 0 Å². The van der Waals surface area contributed by atoms with Crippen molar-refractivity contribution in [3.8, 4) is 0 Å². The van der Waals surface area contributed by atoms with Crippen LogP contribution in [0.1, 0.15) is 12.8 Å². The summed E-state index contributed by atoms with van der Waals surface area (Å²) in [5, 5.41) is 16.4. The molecule has 0 aliphatic rings. The van der Waals surface area contributed by atoms with Crippen molar-refractivity contribution >= 4 is 27.9 Å². The monoisotopic (exact) mass is 210 g/mol. The number of carbonyl (C=O) groups is 2. The summed E-state index contributed by atoms with van der Waals surface area (Å²) in [5.41, 5.74) is 0. The zero-order valence-electron chi connectivity index (χ0n) is 5.08. The van der Waals surface area contributed by atoms with Crippen LogP contribution < -0.4 is 0 Å². The second-order valence-electron chi connectivity index (χ2n) is 1.74. The minimum absolute atomic E-state index is 0.116. The topological polar surface area (TPSA) is 74.6 Å². The van der Waals surface area contributed by atoms with Crippen molar-refractivity contribution < 1.29 is 19.8 Å². The van der Waals surface area contributed by atoms with Crippen molar-refractivity contribution in [1.29, 1.82) is 0 Å². The Bertz CT molecular complexity index is 145. The molecule has 0 rings (SSSR count). The van der Waals surface area contributed by atoms with Gasteiger partial charge in [-0.05, 0) is 6.42 Å². The van der Waals surface area contributed by atoms with Gasteiger partial charge in [-0.15, -0.1) is 0 Å². The molecule has 4 nitrogen and oxygen atoms in total. The van der Waals surface area contributed by atoms with Gasteiger partial charge in [0.1, 0.15) is 4.83 Å². The average molecular weight is 211 g/mol. The third-order valence-corrected chi connectivity index (χ3v) is 1.73. The van der Waals surface area contributed by atoms with Crippen LogP contribution >= 0.6 is 15.9 Å². The Balaban J connectivity index is 3.49. The molecule has 0 aromatic rings. The lowest BCUT2D eigenvalue weighted by Crippen LogP contribution is -2.13. The first-order valence-electron chi connectivity index (χ1n) is 2.62. The summed E-state index contributed by atoms with van der Waals surface area (Å²) >= 11 is 2.81. The van der Waals surface area contributed by atoms with Crippen LogP contribution in [0.5, 0.6) is 0 Å². The molecule has 0 unspecified atom stereocenters. The van der Waals surface area contributed by atoms with Crippen LogP contribution in [0.4, 0.5) is 0 Å². The molecule has 0 saturated heterocycles. The van der Waals surface area contributed by atoms with E-state index in [-0.39, 0.29) is 12.8 Å². The van der Waals surface area contributed by atoms with Gasteiger partial charge >= 0.3 is 11.9 Å². The molecule has 0 fully saturated rings. The summed E-state index contributed by atoms with van der Waals surface area (Å²) < 4.78 is 0. The van der Waals surface area contributed by atoms with Gasteiger partial charge in [0.05, 0.1) is 0 Å². The summed E-state index contributed by atoms with van der Waals surface area (Å²) in [6.45, 7) is 0. The first kappa shape index (κ1) is 9.42. The van der Waals surface area contributed by atoms with E-state index in [9.17, 15) is 9.59 Å². The Kier molecular flexibility index (Phi) is 4.02. The predicted molar refractivity (Wildman–Crippen MR) is 37.2 cm³/mol. The van der Waals surface area contributed by atoms with Crippen molar-refractivity contribution in [2.24, 2.45) is 0 Å². The smallest absolute Gasteiger partial charge is 0.317 e. The van der Waals surface area contributed by atoms with Gasteiger partial charge in [0.15, 0.2) is 0 Å². The van der Waals surface area contributed by atoms with Gasteiger partial charge in [0, 0.05) is 6.42 Å². The summed E-state index contributed by atoms with van der Waals surface area (Å²) in [6, 6.07) is 0. The minimum atomic E-state index is -1.03. The van der Waals surface area contributed by atoms with Crippen LogP contribution in [-0.2, 0) is 9.59 Å². The van der Waals surface area contributed by atoms with E-state index in [0.29, 0.717) is 0 Å². The van der Waals surface area contributed by atoms with Crippen molar-refractivity contribution in [3.05, 3.63) is 0 Å². The van der Waals surface area contributed by atoms with E-state index in [1.807, 2.05) is 0 Å². The van der Waals surface area contributed by atoms with Gasteiger partial charge in [-0.2, -0.15) is 0 Å². The third kappa shape index (κ3) is 4.31. The lowest BCUT2D eigenvalue weighted by atomic mass is 10.2. The molecule has 0 spiro atoms. The molecule has 0 saturated carbocycles. The van der Waals surface area contributed by atoms with E-state index in [0.717, 1.165) is 0 Å². The molecule has 0 aliphatic carbocycles. The second-order valence-corrected chi connectivity index (χ2v) is 2.84. The van der Waals surface area contributed by atoms with Crippen molar-refractivity contribution in [3.63, 3.8) is 0 Å². The average Bonchev–Trinajstić information content (AvgIpc) is 1.82. The molecule has 0 aliphatic heterocycles. The number of hydrogen-bond donors (Lipinski definition) is 2. The van der Waals surface area contributed by atoms with E-state index in [1.165, 1.54) is 0 Å². The van der Waals surface area contributed by atoms with E-state index in [1.54, 1.807) is 0 Å². The van der Waals surface area contributed by atoms with Crippen molar-refractivity contribution in [1.82, 2.24) is 0 Å². The molecular weight excluding hydrogens is 204 g/mol. The largest absolute Gasteiger partial charge is 0.481 e. The predicted octanol–water partition coefficient (Wildman–Crippen LogP) is 0.699. The SMILES string of the molecule is O=C(O)CC[C@H](Br)C(=O)O. The molecule has 5 heteroatoms. The highest BCUT2D eigenvalue weighted by Gasteiger charge is 2.13. The number of halogens is 1. The van der Waals surface area contributed by atoms with Crippen LogP contribution in [0, 0.1) is 0 Å². The Morgan fingerprint density at radius 1 is 1.40 bits per heavy atom. The molecule has 0 amide bonds. The van der Waals surface area contributed by atoms with Crippen LogP contribution in [0.2, 0.25) is 0 Å². The zero-order chi connectivity index (χ0) is 8.15. The van der Waals surface area contributed by atoms with Gasteiger partial charge in [-0.3, -0.25) is 9.59 Å². The number of rotatable bonds is 4. The maximum Gasteiger partial charge on any atom is 0.317 e. The van der Waals surface area contributed by atoms with Crippen LogP contribution in [0.3, 0.4) is 0 Å². The van der Waals surface area contributed by atoms with Crippen LogP contribution in [-0.4, -0.2) is 27.0 Å². The lowest BCUT2D eigenvalue weighted by Gasteiger charge is -1.99. The highest BCUT2D eigenvalue weighted by atomic mass is 79.9. The maximum absolute atomic E-state index is 10.1. The molecule has 0 heterocycles. The Hall–Kier alpha value is -0.580. The van der Waals surface area contributed by atoms with E-state index >= 15 is 0 Å². The molecule has 1 atom stereocenters. The van der Waals surface area contributed by atoms with Crippen molar-refractivity contribution in [2.75, 3.05) is 0 Å². The fourth-order valence-corrected chi connectivity index (χ4v) is 0.603. The van der Waals surface area contributed by atoms with Gasteiger partial charge in [0.2, 0.25) is 0 Å². The molecule has 0 bridgehead atoms. The van der Waals surface area contributed by atoms with E-state index in [4.69, 9.17) is 10.2 Å². The minimum Gasteiger partial charge on any atom is -0.481 e. The zero-order valence-corrected chi connectivity index (χ0v) is 6.67. The van der Waals surface area contributed by atoms with Crippen LogP contribution in [0.15, 0.2) is 0 Å². The first-order chi connectivity index (χ1) is 4.54. The molecule has 2 N–H and O–H groups in total. The summed E-state index contributed by atoms with van der Waals surface area (Å²) in [6.07, 6.45) is -0.00706. The molecular formula is C5H7BrO4. The number of carboxylic acid groups (broad SMARTS) is 2. The first-order valence-corrected chi connectivity index (χ1v) is 3.54. The van der Waals surface area contributed by atoms with Crippen molar-refractivity contribution in [2.45, 2.75) is 17.7 Å². The fourth-order valence-electron chi connectivity index (χ4n) is 0.374. The standard InChI is InChI=1S/C5H7BrO4/c6-3(5(9)10)1-2-4(7)8/h3H,1-2H2,(H,7,8)(H,9,10)/t3-/m0/s1.